The lowest BCUT2D eigenvalue weighted by molar-refractivity contribution is -0.147. The third-order valence-electron chi connectivity index (χ3n) is 3.26. The topological polar surface area (TPSA) is 105 Å². The summed E-state index contributed by atoms with van der Waals surface area (Å²) in [5.41, 5.74) is -0.961. The number of ether oxygens (including phenoxy) is 1. The van der Waals surface area contributed by atoms with Crippen LogP contribution in [0.5, 0.6) is 0 Å². The molecule has 1 aromatic carbocycles. The Morgan fingerprint density at radius 3 is 2.52 bits per heavy atom. The van der Waals surface area contributed by atoms with Gasteiger partial charge < -0.3 is 20.5 Å². The number of carbonyl (C=O) groups is 3. The van der Waals surface area contributed by atoms with E-state index in [4.69, 9.17) is 4.74 Å². The van der Waals surface area contributed by atoms with Crippen molar-refractivity contribution in [3.05, 3.63) is 35.9 Å². The van der Waals surface area contributed by atoms with Crippen molar-refractivity contribution >= 4 is 17.8 Å². The third-order valence-corrected chi connectivity index (χ3v) is 3.26. The van der Waals surface area contributed by atoms with Crippen molar-refractivity contribution in [1.82, 2.24) is 10.6 Å². The van der Waals surface area contributed by atoms with Crippen molar-refractivity contribution in [2.24, 2.45) is 0 Å². The maximum absolute atomic E-state index is 11.8. The zero-order valence-electron chi connectivity index (χ0n) is 11.3. The zero-order chi connectivity index (χ0) is 15.3. The highest BCUT2D eigenvalue weighted by Gasteiger charge is 2.43. The minimum Gasteiger partial charge on any atom is -0.479 e. The molecule has 21 heavy (non-hydrogen) atoms. The molecule has 1 aliphatic heterocycles. The van der Waals surface area contributed by atoms with Gasteiger partial charge in [-0.25, -0.2) is 4.79 Å². The second-order valence-electron chi connectivity index (χ2n) is 4.79. The Labute approximate surface area is 121 Å². The van der Waals surface area contributed by atoms with E-state index in [2.05, 4.69) is 10.6 Å². The second-order valence-corrected chi connectivity index (χ2v) is 4.79. The predicted molar refractivity (Wildman–Crippen MR) is 72.7 cm³/mol. The minimum absolute atomic E-state index is 0.0687. The molecule has 1 aromatic rings. The van der Waals surface area contributed by atoms with Gasteiger partial charge in [0, 0.05) is 18.6 Å². The van der Waals surface area contributed by atoms with Gasteiger partial charge >= 0.3 is 5.97 Å². The SMILES string of the molecule is O=C(CNC(=O)c1ccccc1)NC1(C(=O)O)CCOC1. The first-order valence-corrected chi connectivity index (χ1v) is 6.49. The molecule has 7 heteroatoms. The molecule has 112 valence electrons. The number of carboxylic acid groups (broad SMARTS) is 1. The summed E-state index contributed by atoms with van der Waals surface area (Å²) in [4.78, 5) is 34.8. The summed E-state index contributed by atoms with van der Waals surface area (Å²) < 4.78 is 5.03. The number of carboxylic acids is 1. The fraction of sp³-hybridized carbons (Fsp3) is 0.357. The lowest BCUT2D eigenvalue weighted by Crippen LogP contribution is -2.57. The van der Waals surface area contributed by atoms with E-state index in [0.717, 1.165) is 0 Å². The lowest BCUT2D eigenvalue weighted by Gasteiger charge is -2.23. The number of rotatable bonds is 5. The summed E-state index contributed by atoms with van der Waals surface area (Å²) in [5.74, 6) is -2.09. The van der Waals surface area contributed by atoms with Crippen molar-refractivity contribution in [1.29, 1.82) is 0 Å². The molecule has 2 rings (SSSR count). The predicted octanol–water partition coefficient (Wildman–Crippen LogP) is -0.224. The molecule has 1 unspecified atom stereocenters. The summed E-state index contributed by atoms with van der Waals surface area (Å²) in [6.45, 7) is -0.0770. The smallest absolute Gasteiger partial charge is 0.331 e. The van der Waals surface area contributed by atoms with Crippen LogP contribution in [0.1, 0.15) is 16.8 Å². The number of benzene rings is 1. The van der Waals surface area contributed by atoms with Gasteiger partial charge in [0.1, 0.15) is 0 Å². The van der Waals surface area contributed by atoms with Crippen molar-refractivity contribution in [3.63, 3.8) is 0 Å². The van der Waals surface area contributed by atoms with Gasteiger partial charge in [0.05, 0.1) is 13.2 Å². The quantitative estimate of drug-likeness (QED) is 0.695. The third kappa shape index (κ3) is 3.57. The number of hydrogen-bond donors (Lipinski definition) is 3. The summed E-state index contributed by atoms with van der Waals surface area (Å²) >= 11 is 0. The molecule has 0 spiro atoms. The Balaban J connectivity index is 1.87. The van der Waals surface area contributed by atoms with Crippen LogP contribution in [0.4, 0.5) is 0 Å². The molecule has 0 aliphatic carbocycles. The lowest BCUT2D eigenvalue weighted by atomic mass is 9.99. The van der Waals surface area contributed by atoms with E-state index < -0.39 is 23.3 Å². The molecular weight excluding hydrogens is 276 g/mol. The van der Waals surface area contributed by atoms with Gasteiger partial charge in [0.15, 0.2) is 5.54 Å². The molecule has 1 heterocycles. The molecule has 1 atom stereocenters. The Hall–Kier alpha value is -2.41. The van der Waals surface area contributed by atoms with Gasteiger partial charge in [0.25, 0.3) is 5.91 Å². The Morgan fingerprint density at radius 1 is 1.24 bits per heavy atom. The number of aliphatic carboxylic acids is 1. The van der Waals surface area contributed by atoms with Gasteiger partial charge in [0.2, 0.25) is 5.91 Å². The van der Waals surface area contributed by atoms with Crippen molar-refractivity contribution in [3.8, 4) is 0 Å². The minimum atomic E-state index is -1.39. The van der Waals surface area contributed by atoms with Gasteiger partial charge in [-0.3, -0.25) is 9.59 Å². The van der Waals surface area contributed by atoms with Gasteiger partial charge in [-0.2, -0.15) is 0 Å². The maximum atomic E-state index is 11.8. The van der Waals surface area contributed by atoms with Crippen molar-refractivity contribution in [2.45, 2.75) is 12.0 Å². The highest BCUT2D eigenvalue weighted by atomic mass is 16.5. The van der Waals surface area contributed by atoms with Gasteiger partial charge in [-0.1, -0.05) is 18.2 Å². The fourth-order valence-electron chi connectivity index (χ4n) is 2.05. The summed E-state index contributed by atoms with van der Waals surface area (Å²) in [6.07, 6.45) is 0.209. The van der Waals surface area contributed by atoms with Crippen molar-refractivity contribution in [2.75, 3.05) is 19.8 Å². The average Bonchev–Trinajstić information content (AvgIpc) is 2.95. The Bertz CT molecular complexity index is 538. The molecule has 1 fully saturated rings. The van der Waals surface area contributed by atoms with E-state index in [9.17, 15) is 19.5 Å². The normalized spacial score (nSPS) is 20.8. The number of carbonyl (C=O) groups excluding carboxylic acids is 2. The van der Waals surface area contributed by atoms with E-state index >= 15 is 0 Å². The van der Waals surface area contributed by atoms with E-state index in [0.29, 0.717) is 5.56 Å². The molecular formula is C14H16N2O5. The van der Waals surface area contributed by atoms with Crippen molar-refractivity contribution < 1.29 is 24.2 Å². The Morgan fingerprint density at radius 2 is 1.95 bits per heavy atom. The van der Waals surface area contributed by atoms with E-state index in [1.165, 1.54) is 0 Å². The fourth-order valence-corrected chi connectivity index (χ4v) is 2.05. The van der Waals surface area contributed by atoms with Crippen LogP contribution in [0.2, 0.25) is 0 Å². The molecule has 0 bridgehead atoms. The van der Waals surface area contributed by atoms with E-state index in [1.807, 2.05) is 0 Å². The summed E-state index contributed by atoms with van der Waals surface area (Å²) in [7, 11) is 0. The molecule has 0 aromatic heterocycles. The van der Waals surface area contributed by atoms with E-state index in [1.54, 1.807) is 30.3 Å². The van der Waals surface area contributed by atoms with Crippen LogP contribution in [0, 0.1) is 0 Å². The highest BCUT2D eigenvalue weighted by molar-refractivity contribution is 5.97. The molecule has 1 saturated heterocycles. The van der Waals surface area contributed by atoms with Crippen LogP contribution in [0.3, 0.4) is 0 Å². The first-order valence-electron chi connectivity index (χ1n) is 6.49. The number of amides is 2. The monoisotopic (exact) mass is 292 g/mol. The average molecular weight is 292 g/mol. The Kier molecular flexibility index (Phi) is 4.54. The van der Waals surface area contributed by atoms with Crippen LogP contribution in [0.15, 0.2) is 30.3 Å². The van der Waals surface area contributed by atoms with Crippen LogP contribution < -0.4 is 10.6 Å². The van der Waals surface area contributed by atoms with Gasteiger partial charge in [-0.05, 0) is 12.1 Å². The molecule has 7 nitrogen and oxygen atoms in total. The van der Waals surface area contributed by atoms with E-state index in [-0.39, 0.29) is 26.2 Å². The summed E-state index contributed by atoms with van der Waals surface area (Å²) in [6, 6.07) is 8.45. The number of nitrogens with one attached hydrogen (secondary N) is 2. The van der Waals surface area contributed by atoms with Crippen LogP contribution in [0.25, 0.3) is 0 Å². The van der Waals surface area contributed by atoms with Crippen LogP contribution in [-0.4, -0.2) is 48.2 Å². The molecule has 0 radical (unpaired) electrons. The van der Waals surface area contributed by atoms with Crippen LogP contribution >= 0.6 is 0 Å². The largest absolute Gasteiger partial charge is 0.479 e. The second kappa shape index (κ2) is 6.36. The first kappa shape index (κ1) is 15.0. The zero-order valence-corrected chi connectivity index (χ0v) is 11.3. The molecule has 2 amide bonds. The van der Waals surface area contributed by atoms with Crippen LogP contribution in [-0.2, 0) is 14.3 Å². The molecule has 0 saturated carbocycles. The number of hydrogen-bond acceptors (Lipinski definition) is 4. The highest BCUT2D eigenvalue weighted by Crippen LogP contribution is 2.18. The standard InChI is InChI=1S/C14H16N2O5/c17-11(16-14(13(19)20)6-7-21-9-14)8-15-12(18)10-4-2-1-3-5-10/h1-5H,6-9H2,(H,15,18)(H,16,17)(H,19,20). The first-order chi connectivity index (χ1) is 10.0. The molecule has 1 aliphatic rings. The van der Waals surface area contributed by atoms with Gasteiger partial charge in [-0.15, -0.1) is 0 Å². The maximum Gasteiger partial charge on any atom is 0.331 e. The molecule has 3 N–H and O–H groups in total. The summed E-state index contributed by atoms with van der Waals surface area (Å²) in [5, 5.41) is 14.1.